The molecule has 96 valence electrons. The van der Waals surface area contributed by atoms with Crippen molar-refractivity contribution >= 4 is 26.6 Å². The van der Waals surface area contributed by atoms with Crippen LogP contribution in [0, 0.1) is 0 Å². The van der Waals surface area contributed by atoms with E-state index in [-0.39, 0.29) is 11.8 Å². The minimum atomic E-state index is -2.91. The third kappa shape index (κ3) is 1.96. The summed E-state index contributed by atoms with van der Waals surface area (Å²) in [6.45, 7) is 0. The summed E-state index contributed by atoms with van der Waals surface area (Å²) in [5.74, 6) is 0.520. The molecule has 1 saturated heterocycles. The topological polar surface area (TPSA) is 78.0 Å². The van der Waals surface area contributed by atoms with E-state index in [1.165, 1.54) is 0 Å². The molecule has 2 N–H and O–H groups in total. The van der Waals surface area contributed by atoms with Gasteiger partial charge >= 0.3 is 0 Å². The standard InChI is InChI=1S/C12H15N3O2S/c13-9-3-4-12-11(6-9)14-8-15(12)10-2-1-5-18(16,17)7-10/h3-4,6,8,10H,1-2,5,7,13H2. The van der Waals surface area contributed by atoms with Crippen LogP contribution in [-0.2, 0) is 9.84 Å². The zero-order chi connectivity index (χ0) is 12.8. The number of imidazole rings is 1. The van der Waals surface area contributed by atoms with E-state index in [4.69, 9.17) is 5.73 Å². The van der Waals surface area contributed by atoms with Crippen molar-refractivity contribution in [2.24, 2.45) is 0 Å². The van der Waals surface area contributed by atoms with Crippen LogP contribution in [0.3, 0.4) is 0 Å². The van der Waals surface area contributed by atoms with Gasteiger partial charge in [-0.3, -0.25) is 0 Å². The van der Waals surface area contributed by atoms with Crippen LogP contribution in [0.25, 0.3) is 11.0 Å². The fourth-order valence-corrected chi connectivity index (χ4v) is 4.24. The van der Waals surface area contributed by atoms with Gasteiger partial charge in [-0.2, -0.15) is 0 Å². The Balaban J connectivity index is 2.04. The van der Waals surface area contributed by atoms with Crippen molar-refractivity contribution in [3.8, 4) is 0 Å². The summed E-state index contributed by atoms with van der Waals surface area (Å²) in [4.78, 5) is 4.29. The largest absolute Gasteiger partial charge is 0.399 e. The second kappa shape index (κ2) is 3.98. The number of hydrogen-bond donors (Lipinski definition) is 1. The molecule has 0 spiro atoms. The normalized spacial score (nSPS) is 23.2. The molecule has 1 aromatic carbocycles. The van der Waals surface area contributed by atoms with E-state index in [9.17, 15) is 8.42 Å². The monoisotopic (exact) mass is 265 g/mol. The van der Waals surface area contributed by atoms with Gasteiger partial charge in [-0.15, -0.1) is 0 Å². The Labute approximate surface area is 106 Å². The van der Waals surface area contributed by atoms with Crippen LogP contribution in [0.2, 0.25) is 0 Å². The number of benzene rings is 1. The molecule has 0 aliphatic carbocycles. The van der Waals surface area contributed by atoms with E-state index >= 15 is 0 Å². The Morgan fingerprint density at radius 1 is 1.39 bits per heavy atom. The fraction of sp³-hybridized carbons (Fsp3) is 0.417. The van der Waals surface area contributed by atoms with Gasteiger partial charge in [0.1, 0.15) is 0 Å². The third-order valence-electron chi connectivity index (χ3n) is 3.43. The number of nitrogens with zero attached hydrogens (tertiary/aromatic N) is 2. The number of aromatic nitrogens is 2. The van der Waals surface area contributed by atoms with E-state index < -0.39 is 9.84 Å². The van der Waals surface area contributed by atoms with Gasteiger partial charge in [0.25, 0.3) is 0 Å². The highest BCUT2D eigenvalue weighted by molar-refractivity contribution is 7.91. The SMILES string of the molecule is Nc1ccc2c(c1)ncn2C1CCCS(=O)(=O)C1. The minimum absolute atomic E-state index is 0.00243. The lowest BCUT2D eigenvalue weighted by Crippen LogP contribution is -2.27. The molecule has 0 amide bonds. The molecule has 6 heteroatoms. The molecule has 1 aliphatic rings. The van der Waals surface area contributed by atoms with Gasteiger partial charge in [0.15, 0.2) is 9.84 Å². The van der Waals surface area contributed by atoms with Gasteiger partial charge < -0.3 is 10.3 Å². The second-order valence-corrected chi connectivity index (χ2v) is 7.04. The number of nitrogen functional groups attached to an aromatic ring is 1. The first-order valence-corrected chi connectivity index (χ1v) is 7.80. The van der Waals surface area contributed by atoms with Crippen molar-refractivity contribution < 1.29 is 8.42 Å². The Morgan fingerprint density at radius 2 is 2.22 bits per heavy atom. The van der Waals surface area contributed by atoms with Crippen LogP contribution in [0.4, 0.5) is 5.69 Å². The van der Waals surface area contributed by atoms with Gasteiger partial charge in [0.05, 0.1) is 28.9 Å². The quantitative estimate of drug-likeness (QED) is 0.790. The molecule has 5 nitrogen and oxygen atoms in total. The molecule has 1 unspecified atom stereocenters. The number of sulfone groups is 1. The van der Waals surface area contributed by atoms with Crippen molar-refractivity contribution in [3.63, 3.8) is 0 Å². The molecular formula is C12H15N3O2S. The summed E-state index contributed by atoms with van der Waals surface area (Å²) in [5.41, 5.74) is 8.15. The molecule has 1 atom stereocenters. The average Bonchev–Trinajstić information content (AvgIpc) is 2.70. The Hall–Kier alpha value is -1.56. The molecule has 0 bridgehead atoms. The molecule has 18 heavy (non-hydrogen) atoms. The average molecular weight is 265 g/mol. The maximum absolute atomic E-state index is 11.7. The molecule has 1 fully saturated rings. The van der Waals surface area contributed by atoms with Crippen molar-refractivity contribution in [2.45, 2.75) is 18.9 Å². The smallest absolute Gasteiger partial charge is 0.152 e. The predicted molar refractivity (Wildman–Crippen MR) is 71.1 cm³/mol. The molecule has 2 heterocycles. The van der Waals surface area contributed by atoms with Gasteiger partial charge in [0, 0.05) is 11.7 Å². The first kappa shape index (κ1) is 11.5. The van der Waals surface area contributed by atoms with E-state index in [0.29, 0.717) is 11.4 Å². The summed E-state index contributed by atoms with van der Waals surface area (Å²) >= 11 is 0. The summed E-state index contributed by atoms with van der Waals surface area (Å²) in [5, 5.41) is 0. The van der Waals surface area contributed by atoms with Crippen molar-refractivity contribution in [1.29, 1.82) is 0 Å². The highest BCUT2D eigenvalue weighted by atomic mass is 32.2. The zero-order valence-electron chi connectivity index (χ0n) is 9.91. The van der Waals surface area contributed by atoms with E-state index in [1.807, 2.05) is 22.8 Å². The summed E-state index contributed by atoms with van der Waals surface area (Å²) in [6.07, 6.45) is 3.33. The number of anilines is 1. The van der Waals surface area contributed by atoms with Crippen molar-refractivity contribution in [3.05, 3.63) is 24.5 Å². The molecule has 0 saturated carbocycles. The molecule has 0 radical (unpaired) electrons. The molecular weight excluding hydrogens is 250 g/mol. The first-order chi connectivity index (χ1) is 8.55. The third-order valence-corrected chi connectivity index (χ3v) is 5.23. The van der Waals surface area contributed by atoms with E-state index in [1.54, 1.807) is 6.33 Å². The van der Waals surface area contributed by atoms with Gasteiger partial charge in [-0.05, 0) is 31.0 Å². The summed E-state index contributed by atoms with van der Waals surface area (Å²) in [6, 6.07) is 5.53. The number of hydrogen-bond acceptors (Lipinski definition) is 4. The van der Waals surface area contributed by atoms with Crippen LogP contribution in [0.1, 0.15) is 18.9 Å². The van der Waals surface area contributed by atoms with Crippen molar-refractivity contribution in [1.82, 2.24) is 9.55 Å². The van der Waals surface area contributed by atoms with Crippen molar-refractivity contribution in [2.75, 3.05) is 17.2 Å². The first-order valence-electron chi connectivity index (χ1n) is 5.98. The van der Waals surface area contributed by atoms with Gasteiger partial charge in [-0.1, -0.05) is 0 Å². The highest BCUT2D eigenvalue weighted by Gasteiger charge is 2.26. The number of nitrogens with two attached hydrogens (primary N) is 1. The van der Waals surface area contributed by atoms with Crippen LogP contribution >= 0.6 is 0 Å². The zero-order valence-corrected chi connectivity index (χ0v) is 10.7. The molecule has 1 aromatic heterocycles. The molecule has 3 rings (SSSR count). The van der Waals surface area contributed by atoms with Crippen LogP contribution in [0.5, 0.6) is 0 Å². The maximum Gasteiger partial charge on any atom is 0.152 e. The second-order valence-electron chi connectivity index (χ2n) is 4.81. The van der Waals surface area contributed by atoms with Gasteiger partial charge in [-0.25, -0.2) is 13.4 Å². The van der Waals surface area contributed by atoms with E-state index in [2.05, 4.69) is 4.98 Å². The van der Waals surface area contributed by atoms with Crippen LogP contribution in [-0.4, -0.2) is 29.5 Å². The Bertz CT molecular complexity index is 690. The van der Waals surface area contributed by atoms with Gasteiger partial charge in [0.2, 0.25) is 0 Å². The van der Waals surface area contributed by atoms with Crippen LogP contribution in [0.15, 0.2) is 24.5 Å². The number of rotatable bonds is 1. The lowest BCUT2D eigenvalue weighted by molar-refractivity contribution is 0.479. The van der Waals surface area contributed by atoms with Crippen LogP contribution < -0.4 is 5.73 Å². The number of fused-ring (bicyclic) bond motifs is 1. The summed E-state index contributed by atoms with van der Waals surface area (Å²) < 4.78 is 25.3. The summed E-state index contributed by atoms with van der Waals surface area (Å²) in [7, 11) is -2.91. The molecule has 2 aromatic rings. The lowest BCUT2D eigenvalue weighted by atomic mass is 10.1. The Morgan fingerprint density at radius 3 is 3.00 bits per heavy atom. The van der Waals surface area contributed by atoms with E-state index in [0.717, 1.165) is 23.9 Å². The lowest BCUT2D eigenvalue weighted by Gasteiger charge is -2.23. The highest BCUT2D eigenvalue weighted by Crippen LogP contribution is 2.27. The maximum atomic E-state index is 11.7. The minimum Gasteiger partial charge on any atom is -0.399 e. The predicted octanol–water partition coefficient (Wildman–Crippen LogP) is 1.37. The molecule has 1 aliphatic heterocycles. The Kier molecular flexibility index (Phi) is 2.55. The fourth-order valence-electron chi connectivity index (χ4n) is 2.56.